The van der Waals surface area contributed by atoms with Crippen molar-refractivity contribution in [2.75, 3.05) is 25.1 Å². The number of rotatable bonds is 4. The molecule has 2 aliphatic rings. The van der Waals surface area contributed by atoms with Crippen molar-refractivity contribution in [3.8, 4) is 11.5 Å². The van der Waals surface area contributed by atoms with Gasteiger partial charge in [0, 0.05) is 24.1 Å². The molecule has 0 bridgehead atoms. The van der Waals surface area contributed by atoms with Gasteiger partial charge in [0.1, 0.15) is 48.6 Å². The molecule has 0 spiro atoms. The van der Waals surface area contributed by atoms with Crippen LogP contribution in [0.1, 0.15) is 28.4 Å². The molecule has 5 unspecified atom stereocenters. The highest BCUT2D eigenvalue weighted by Gasteiger charge is 2.44. The van der Waals surface area contributed by atoms with Crippen LogP contribution in [-0.2, 0) is 11.2 Å². The maximum atomic E-state index is 11.0. The first-order chi connectivity index (χ1) is 14.4. The van der Waals surface area contributed by atoms with E-state index in [1.54, 1.807) is 6.07 Å². The summed E-state index contributed by atoms with van der Waals surface area (Å²) in [5, 5.41) is 54.3. The predicted octanol–water partition coefficient (Wildman–Crippen LogP) is 0.611. The Morgan fingerprint density at radius 3 is 2.63 bits per heavy atom. The maximum Gasteiger partial charge on any atom is 0.142 e. The molecule has 8 heteroatoms. The Hall–Kier alpha value is -2.36. The fourth-order valence-corrected chi connectivity index (χ4v) is 4.07. The van der Waals surface area contributed by atoms with Gasteiger partial charge in [-0.15, -0.1) is 0 Å². The lowest BCUT2D eigenvalue weighted by molar-refractivity contribution is -0.232. The third-order valence-electron chi connectivity index (χ3n) is 5.85. The molecule has 30 heavy (non-hydrogen) atoms. The molecule has 0 radical (unpaired) electrons. The van der Waals surface area contributed by atoms with Crippen molar-refractivity contribution in [3.05, 3.63) is 52.6 Å². The standard InChI is InChI=1S/C22H27NO7/c1-11-2-4-13(22-21(28)20(27)19(26)17(10-24)30-22)18(25)14(11)8-12-3-5-16-15(9-12)23-6-7-29-16/h2-5,9,17,19-28H,6-8,10H2,1H3. The lowest BCUT2D eigenvalue weighted by atomic mass is 9.88. The van der Waals surface area contributed by atoms with Gasteiger partial charge in [0.25, 0.3) is 0 Å². The zero-order valence-electron chi connectivity index (χ0n) is 16.7. The molecular formula is C22H27NO7. The fourth-order valence-electron chi connectivity index (χ4n) is 4.07. The Morgan fingerprint density at radius 1 is 1.07 bits per heavy atom. The number of benzene rings is 2. The highest BCUT2D eigenvalue weighted by molar-refractivity contribution is 5.60. The number of aliphatic hydroxyl groups is 4. The minimum atomic E-state index is -1.50. The minimum Gasteiger partial charge on any atom is -0.507 e. The van der Waals surface area contributed by atoms with Crippen molar-refractivity contribution in [1.82, 2.24) is 0 Å². The van der Waals surface area contributed by atoms with E-state index in [1.807, 2.05) is 31.2 Å². The summed E-state index contributed by atoms with van der Waals surface area (Å²) in [6.07, 6.45) is -6.08. The number of ether oxygens (including phenoxy) is 2. The Labute approximate surface area is 174 Å². The summed E-state index contributed by atoms with van der Waals surface area (Å²) in [4.78, 5) is 0. The van der Waals surface area contributed by atoms with Gasteiger partial charge in [-0.25, -0.2) is 0 Å². The summed E-state index contributed by atoms with van der Waals surface area (Å²) in [7, 11) is 0. The molecule has 0 aliphatic carbocycles. The summed E-state index contributed by atoms with van der Waals surface area (Å²) in [5.41, 5.74) is 3.70. The second-order valence-corrected chi connectivity index (χ2v) is 7.83. The third kappa shape index (κ3) is 3.73. The first-order valence-electron chi connectivity index (χ1n) is 10.0. The molecule has 1 fully saturated rings. The van der Waals surface area contributed by atoms with E-state index in [-0.39, 0.29) is 5.75 Å². The summed E-state index contributed by atoms with van der Waals surface area (Å²) in [6, 6.07) is 9.25. The SMILES string of the molecule is Cc1ccc(C2OC(CO)C(O)C(O)C2O)c(O)c1Cc1ccc2c(c1)NCCO2. The summed E-state index contributed by atoms with van der Waals surface area (Å²) in [5.74, 6) is 0.752. The van der Waals surface area contributed by atoms with Crippen LogP contribution in [0.3, 0.4) is 0 Å². The van der Waals surface area contributed by atoms with Crippen molar-refractivity contribution in [1.29, 1.82) is 0 Å². The number of fused-ring (bicyclic) bond motifs is 1. The Bertz CT molecular complexity index is 917. The predicted molar refractivity (Wildman–Crippen MR) is 109 cm³/mol. The second kappa shape index (κ2) is 8.41. The molecule has 0 aromatic heterocycles. The van der Waals surface area contributed by atoms with Gasteiger partial charge in [-0.1, -0.05) is 18.2 Å². The average molecular weight is 417 g/mol. The van der Waals surface area contributed by atoms with Gasteiger partial charge in [-0.05, 0) is 30.2 Å². The molecule has 6 N–H and O–H groups in total. The van der Waals surface area contributed by atoms with Crippen molar-refractivity contribution in [2.45, 2.75) is 43.9 Å². The molecule has 8 nitrogen and oxygen atoms in total. The van der Waals surface area contributed by atoms with Crippen LogP contribution in [0.2, 0.25) is 0 Å². The molecule has 2 aromatic carbocycles. The first kappa shape index (κ1) is 20.9. The normalized spacial score (nSPS) is 28.4. The Balaban J connectivity index is 1.65. The molecule has 2 aromatic rings. The van der Waals surface area contributed by atoms with Crippen molar-refractivity contribution in [3.63, 3.8) is 0 Å². The molecule has 2 aliphatic heterocycles. The van der Waals surface area contributed by atoms with Crippen LogP contribution >= 0.6 is 0 Å². The van der Waals surface area contributed by atoms with Gasteiger partial charge < -0.3 is 40.3 Å². The molecule has 162 valence electrons. The van der Waals surface area contributed by atoms with Gasteiger partial charge in [-0.3, -0.25) is 0 Å². The number of hydrogen-bond acceptors (Lipinski definition) is 8. The van der Waals surface area contributed by atoms with Gasteiger partial charge in [0.15, 0.2) is 0 Å². The molecule has 2 heterocycles. The number of anilines is 1. The third-order valence-corrected chi connectivity index (χ3v) is 5.85. The molecule has 1 saturated heterocycles. The number of nitrogens with one attached hydrogen (secondary N) is 1. The molecule has 5 atom stereocenters. The van der Waals surface area contributed by atoms with E-state index in [9.17, 15) is 25.5 Å². The molecule has 0 amide bonds. The van der Waals surface area contributed by atoms with Crippen LogP contribution in [0.25, 0.3) is 0 Å². The first-order valence-corrected chi connectivity index (χ1v) is 10.0. The van der Waals surface area contributed by atoms with Crippen molar-refractivity contribution in [2.24, 2.45) is 0 Å². The quantitative estimate of drug-likeness (QED) is 0.427. The van der Waals surface area contributed by atoms with Crippen LogP contribution in [-0.4, -0.2) is 69.7 Å². The number of aryl methyl sites for hydroxylation is 1. The van der Waals surface area contributed by atoms with Crippen LogP contribution in [0.5, 0.6) is 11.5 Å². The van der Waals surface area contributed by atoms with Gasteiger partial charge in [0.2, 0.25) is 0 Å². The molecular weight excluding hydrogens is 390 g/mol. The van der Waals surface area contributed by atoms with Crippen LogP contribution in [0, 0.1) is 6.92 Å². The zero-order valence-corrected chi connectivity index (χ0v) is 16.7. The van der Waals surface area contributed by atoms with Gasteiger partial charge in [-0.2, -0.15) is 0 Å². The second-order valence-electron chi connectivity index (χ2n) is 7.83. The summed E-state index contributed by atoms with van der Waals surface area (Å²) < 4.78 is 11.2. The van der Waals surface area contributed by atoms with E-state index < -0.39 is 37.1 Å². The van der Waals surface area contributed by atoms with E-state index in [0.29, 0.717) is 24.2 Å². The van der Waals surface area contributed by atoms with Crippen LogP contribution < -0.4 is 10.1 Å². The highest BCUT2D eigenvalue weighted by Crippen LogP contribution is 2.40. The smallest absolute Gasteiger partial charge is 0.142 e. The number of hydrogen-bond donors (Lipinski definition) is 6. The topological polar surface area (TPSA) is 132 Å². The lowest BCUT2D eigenvalue weighted by Gasteiger charge is -2.40. The Kier molecular flexibility index (Phi) is 5.86. The monoisotopic (exact) mass is 417 g/mol. The van der Waals surface area contributed by atoms with E-state index >= 15 is 0 Å². The van der Waals surface area contributed by atoms with E-state index in [4.69, 9.17) is 9.47 Å². The van der Waals surface area contributed by atoms with E-state index in [1.165, 1.54) is 0 Å². The summed E-state index contributed by atoms with van der Waals surface area (Å²) >= 11 is 0. The average Bonchev–Trinajstić information content (AvgIpc) is 2.76. The number of phenolic OH excluding ortho intramolecular Hbond substituents is 1. The lowest BCUT2D eigenvalue weighted by Crippen LogP contribution is -2.55. The largest absolute Gasteiger partial charge is 0.507 e. The van der Waals surface area contributed by atoms with Crippen molar-refractivity contribution < 1.29 is 35.0 Å². The minimum absolute atomic E-state index is 0.0405. The molecule has 4 rings (SSSR count). The van der Waals surface area contributed by atoms with Gasteiger partial charge >= 0.3 is 0 Å². The summed E-state index contributed by atoms with van der Waals surface area (Å²) in [6.45, 7) is 2.71. The number of phenols is 1. The zero-order chi connectivity index (χ0) is 21.4. The number of aliphatic hydroxyl groups excluding tert-OH is 4. The van der Waals surface area contributed by atoms with Crippen LogP contribution in [0.15, 0.2) is 30.3 Å². The van der Waals surface area contributed by atoms with Crippen LogP contribution in [0.4, 0.5) is 5.69 Å². The Morgan fingerprint density at radius 2 is 1.87 bits per heavy atom. The van der Waals surface area contributed by atoms with E-state index in [2.05, 4.69) is 5.32 Å². The van der Waals surface area contributed by atoms with E-state index in [0.717, 1.165) is 29.1 Å². The van der Waals surface area contributed by atoms with Crippen molar-refractivity contribution >= 4 is 5.69 Å². The number of aromatic hydroxyl groups is 1. The van der Waals surface area contributed by atoms with Gasteiger partial charge in [0.05, 0.1) is 12.3 Å². The fraction of sp³-hybridized carbons (Fsp3) is 0.455. The highest BCUT2D eigenvalue weighted by atomic mass is 16.5. The maximum absolute atomic E-state index is 11.0. The molecule has 0 saturated carbocycles.